The molecule has 0 spiro atoms. The SMILES string of the molecule is Cc1ccc(C2CC(=O)C(C)(O)CN2C)cc1.Cl. The first-order valence-corrected chi connectivity index (χ1v) is 5.92. The van der Waals surface area contributed by atoms with Gasteiger partial charge in [-0.25, -0.2) is 0 Å². The van der Waals surface area contributed by atoms with Crippen LogP contribution in [0.4, 0.5) is 0 Å². The Balaban J connectivity index is 0.00000162. The average Bonchev–Trinajstić information content (AvgIpc) is 2.24. The lowest BCUT2D eigenvalue weighted by Gasteiger charge is -2.39. The number of aliphatic hydroxyl groups is 1. The number of likely N-dealkylation sites (tertiary alicyclic amines) is 1. The van der Waals surface area contributed by atoms with E-state index in [1.165, 1.54) is 5.56 Å². The molecule has 2 rings (SSSR count). The van der Waals surface area contributed by atoms with Gasteiger partial charge in [0, 0.05) is 19.0 Å². The number of aryl methyl sites for hydroxylation is 1. The van der Waals surface area contributed by atoms with Gasteiger partial charge in [0.05, 0.1) is 0 Å². The Morgan fingerprint density at radius 2 is 1.89 bits per heavy atom. The average molecular weight is 270 g/mol. The molecule has 0 aromatic heterocycles. The van der Waals surface area contributed by atoms with Crippen molar-refractivity contribution in [3.05, 3.63) is 35.4 Å². The zero-order chi connectivity index (χ0) is 12.6. The minimum absolute atomic E-state index is 0. The summed E-state index contributed by atoms with van der Waals surface area (Å²) in [6.07, 6.45) is 0.382. The molecule has 1 saturated heterocycles. The van der Waals surface area contributed by atoms with Gasteiger partial charge >= 0.3 is 0 Å². The number of carbonyl (C=O) groups is 1. The molecule has 2 unspecified atom stereocenters. The van der Waals surface area contributed by atoms with E-state index in [0.717, 1.165) is 5.56 Å². The maximum absolute atomic E-state index is 11.8. The number of hydrogen-bond donors (Lipinski definition) is 1. The Bertz CT molecular complexity index is 428. The Morgan fingerprint density at radius 1 is 1.33 bits per heavy atom. The quantitative estimate of drug-likeness (QED) is 0.849. The predicted octanol–water partition coefficient (Wildman–Crippen LogP) is 2.11. The third kappa shape index (κ3) is 2.91. The number of rotatable bonds is 1. The van der Waals surface area contributed by atoms with Crippen molar-refractivity contribution in [3.8, 4) is 0 Å². The Labute approximate surface area is 114 Å². The molecule has 1 aromatic carbocycles. The smallest absolute Gasteiger partial charge is 0.167 e. The first kappa shape index (κ1) is 15.2. The summed E-state index contributed by atoms with van der Waals surface area (Å²) < 4.78 is 0. The van der Waals surface area contributed by atoms with E-state index in [9.17, 15) is 9.90 Å². The van der Waals surface area contributed by atoms with E-state index in [2.05, 4.69) is 24.3 Å². The second-order valence-corrected chi connectivity index (χ2v) is 5.24. The van der Waals surface area contributed by atoms with Crippen LogP contribution in [-0.4, -0.2) is 35.0 Å². The summed E-state index contributed by atoms with van der Waals surface area (Å²) >= 11 is 0. The molecule has 100 valence electrons. The fraction of sp³-hybridized carbons (Fsp3) is 0.500. The number of carbonyl (C=O) groups excluding carboxylic acids is 1. The summed E-state index contributed by atoms with van der Waals surface area (Å²) in [6, 6.07) is 8.32. The summed E-state index contributed by atoms with van der Waals surface area (Å²) in [5, 5.41) is 9.93. The number of Topliss-reactive ketones (excluding diaryl/α,β-unsaturated/α-hetero) is 1. The molecule has 3 nitrogen and oxygen atoms in total. The number of benzene rings is 1. The third-order valence-corrected chi connectivity index (χ3v) is 3.53. The van der Waals surface area contributed by atoms with Gasteiger partial charge in [-0.15, -0.1) is 12.4 Å². The van der Waals surface area contributed by atoms with Crippen LogP contribution in [0.15, 0.2) is 24.3 Å². The van der Waals surface area contributed by atoms with E-state index in [4.69, 9.17) is 0 Å². The molecular weight excluding hydrogens is 250 g/mol. The molecule has 0 radical (unpaired) electrons. The largest absolute Gasteiger partial charge is 0.381 e. The van der Waals surface area contributed by atoms with Crippen LogP contribution in [0, 0.1) is 6.92 Å². The van der Waals surface area contributed by atoms with Crippen LogP contribution >= 0.6 is 12.4 Å². The summed E-state index contributed by atoms with van der Waals surface area (Å²) in [5.74, 6) is -0.0684. The van der Waals surface area contributed by atoms with E-state index < -0.39 is 5.60 Å². The van der Waals surface area contributed by atoms with Gasteiger partial charge in [-0.2, -0.15) is 0 Å². The maximum Gasteiger partial charge on any atom is 0.167 e. The van der Waals surface area contributed by atoms with Crippen LogP contribution in [0.1, 0.15) is 30.5 Å². The Kier molecular flexibility index (Phi) is 4.54. The number of likely N-dealkylation sites (N-methyl/N-ethyl adjacent to an activating group) is 1. The maximum atomic E-state index is 11.8. The van der Waals surface area contributed by atoms with Crippen LogP contribution in [0.25, 0.3) is 0 Å². The Morgan fingerprint density at radius 3 is 2.44 bits per heavy atom. The predicted molar refractivity (Wildman–Crippen MR) is 74.0 cm³/mol. The number of ketones is 1. The minimum atomic E-state index is -1.20. The fourth-order valence-corrected chi connectivity index (χ4v) is 2.40. The summed E-state index contributed by atoms with van der Waals surface area (Å²) in [4.78, 5) is 13.9. The second-order valence-electron chi connectivity index (χ2n) is 5.24. The highest BCUT2D eigenvalue weighted by Gasteiger charge is 2.40. The van der Waals surface area contributed by atoms with Gasteiger partial charge in [0.25, 0.3) is 0 Å². The van der Waals surface area contributed by atoms with Crippen LogP contribution in [0.3, 0.4) is 0 Å². The molecule has 1 N–H and O–H groups in total. The standard InChI is InChI=1S/C14H19NO2.ClH/c1-10-4-6-11(7-5-10)12-8-13(16)14(2,17)9-15(12)3;/h4-7,12,17H,8-9H2,1-3H3;1H. The van der Waals surface area contributed by atoms with Gasteiger partial charge in [-0.1, -0.05) is 29.8 Å². The molecule has 1 heterocycles. The lowest BCUT2D eigenvalue weighted by molar-refractivity contribution is -0.144. The fourth-order valence-electron chi connectivity index (χ4n) is 2.40. The topological polar surface area (TPSA) is 40.5 Å². The highest BCUT2D eigenvalue weighted by molar-refractivity contribution is 5.88. The van der Waals surface area contributed by atoms with Crippen molar-refractivity contribution in [2.75, 3.05) is 13.6 Å². The number of halogens is 1. The molecule has 0 aliphatic carbocycles. The molecule has 18 heavy (non-hydrogen) atoms. The molecule has 0 bridgehead atoms. The van der Waals surface area contributed by atoms with Crippen LogP contribution in [0.5, 0.6) is 0 Å². The molecule has 1 aliphatic rings. The zero-order valence-electron chi connectivity index (χ0n) is 11.0. The molecular formula is C14H20ClNO2. The number of nitrogens with zero attached hydrogens (tertiary/aromatic N) is 1. The van der Waals surface area contributed by atoms with Gasteiger partial charge in [-0.05, 0) is 26.5 Å². The number of hydrogen-bond acceptors (Lipinski definition) is 3. The highest BCUT2D eigenvalue weighted by atomic mass is 35.5. The van der Waals surface area contributed by atoms with Crippen molar-refractivity contribution in [2.45, 2.75) is 31.9 Å². The third-order valence-electron chi connectivity index (χ3n) is 3.53. The van der Waals surface area contributed by atoms with E-state index in [-0.39, 0.29) is 24.2 Å². The minimum Gasteiger partial charge on any atom is -0.381 e. The van der Waals surface area contributed by atoms with Crippen LogP contribution < -0.4 is 0 Å². The van der Waals surface area contributed by atoms with Gasteiger partial charge < -0.3 is 5.11 Å². The number of piperidine rings is 1. The van der Waals surface area contributed by atoms with E-state index in [1.54, 1.807) is 6.92 Å². The second kappa shape index (κ2) is 5.39. The van der Waals surface area contributed by atoms with Crippen molar-refractivity contribution < 1.29 is 9.90 Å². The molecule has 0 saturated carbocycles. The van der Waals surface area contributed by atoms with Crippen molar-refractivity contribution >= 4 is 18.2 Å². The van der Waals surface area contributed by atoms with Crippen LogP contribution in [0.2, 0.25) is 0 Å². The van der Waals surface area contributed by atoms with Crippen LogP contribution in [-0.2, 0) is 4.79 Å². The lowest BCUT2D eigenvalue weighted by atomic mass is 9.86. The highest BCUT2D eigenvalue weighted by Crippen LogP contribution is 2.31. The lowest BCUT2D eigenvalue weighted by Crippen LogP contribution is -2.52. The number of β-amino-alcohol motifs (C(OH)–C–C–N with tert-alkyl or cyclic N) is 1. The summed E-state index contributed by atoms with van der Waals surface area (Å²) in [7, 11) is 1.95. The normalized spacial score (nSPS) is 28.9. The zero-order valence-corrected chi connectivity index (χ0v) is 11.8. The first-order valence-electron chi connectivity index (χ1n) is 5.92. The molecule has 1 aliphatic heterocycles. The molecule has 4 heteroatoms. The first-order chi connectivity index (χ1) is 7.90. The van der Waals surface area contributed by atoms with E-state index in [0.29, 0.717) is 13.0 Å². The monoisotopic (exact) mass is 269 g/mol. The van der Waals surface area contributed by atoms with Crippen molar-refractivity contribution in [3.63, 3.8) is 0 Å². The molecule has 2 atom stereocenters. The van der Waals surface area contributed by atoms with Crippen molar-refractivity contribution in [2.24, 2.45) is 0 Å². The van der Waals surface area contributed by atoms with E-state index in [1.807, 2.05) is 18.9 Å². The summed E-state index contributed by atoms with van der Waals surface area (Å²) in [5.41, 5.74) is 1.16. The van der Waals surface area contributed by atoms with Gasteiger partial charge in [0.1, 0.15) is 5.60 Å². The van der Waals surface area contributed by atoms with Crippen molar-refractivity contribution in [1.29, 1.82) is 0 Å². The van der Waals surface area contributed by atoms with Gasteiger partial charge in [-0.3, -0.25) is 9.69 Å². The molecule has 0 amide bonds. The Hall–Kier alpha value is -0.900. The van der Waals surface area contributed by atoms with Gasteiger partial charge in [0.15, 0.2) is 5.78 Å². The molecule has 1 fully saturated rings. The van der Waals surface area contributed by atoms with Gasteiger partial charge in [0.2, 0.25) is 0 Å². The van der Waals surface area contributed by atoms with E-state index >= 15 is 0 Å². The summed E-state index contributed by atoms with van der Waals surface area (Å²) in [6.45, 7) is 4.03. The molecule has 1 aromatic rings. The van der Waals surface area contributed by atoms with Crippen molar-refractivity contribution in [1.82, 2.24) is 4.90 Å².